The molecule has 8 nitrogen and oxygen atoms in total. The number of methoxy groups -OCH3 is 1. The van der Waals surface area contributed by atoms with E-state index in [0.717, 1.165) is 28.4 Å². The van der Waals surface area contributed by atoms with Crippen molar-refractivity contribution < 1.29 is 17.9 Å². The second kappa shape index (κ2) is 10.0. The number of amides is 1. The molecular weight excluding hydrogens is 436 g/mol. The summed E-state index contributed by atoms with van der Waals surface area (Å²) in [6.07, 6.45) is 1.07. The van der Waals surface area contributed by atoms with E-state index in [1.54, 1.807) is 19.2 Å². The highest BCUT2D eigenvalue weighted by Gasteiger charge is 2.25. The van der Waals surface area contributed by atoms with Crippen LogP contribution in [0, 0.1) is 0 Å². The number of rotatable bonds is 10. The highest BCUT2D eigenvalue weighted by molar-refractivity contribution is 7.88. The van der Waals surface area contributed by atoms with Crippen molar-refractivity contribution in [3.05, 3.63) is 17.2 Å². The van der Waals surface area contributed by atoms with E-state index in [9.17, 15) is 13.2 Å². The average molecular weight is 463 g/mol. The summed E-state index contributed by atoms with van der Waals surface area (Å²) in [5, 5.41) is 0.986. The van der Waals surface area contributed by atoms with Crippen molar-refractivity contribution in [3.8, 4) is 5.75 Å². The Kier molecular flexibility index (Phi) is 8.24. The van der Waals surface area contributed by atoms with Crippen molar-refractivity contribution in [2.45, 2.75) is 13.8 Å². The molecule has 0 saturated carbocycles. The fourth-order valence-electron chi connectivity index (χ4n) is 2.72. The van der Waals surface area contributed by atoms with Crippen LogP contribution in [-0.4, -0.2) is 81.7 Å². The summed E-state index contributed by atoms with van der Waals surface area (Å²) in [6.45, 7) is 6.56. The molecule has 0 spiro atoms. The van der Waals surface area contributed by atoms with Crippen LogP contribution in [0.25, 0.3) is 10.2 Å². The quantitative estimate of drug-likeness (QED) is 0.539. The lowest BCUT2D eigenvalue weighted by Gasteiger charge is -2.26. The van der Waals surface area contributed by atoms with Crippen LogP contribution in [-0.2, 0) is 14.8 Å². The van der Waals surface area contributed by atoms with Crippen LogP contribution in [0.3, 0.4) is 0 Å². The molecule has 0 saturated heterocycles. The molecule has 0 radical (unpaired) electrons. The van der Waals surface area contributed by atoms with Gasteiger partial charge in [-0.1, -0.05) is 36.8 Å². The summed E-state index contributed by atoms with van der Waals surface area (Å²) in [6, 6.07) is 3.46. The molecule has 162 valence electrons. The maximum absolute atomic E-state index is 13.0. The number of ether oxygens (including phenoxy) is 1. The van der Waals surface area contributed by atoms with Crippen LogP contribution < -0.4 is 9.64 Å². The van der Waals surface area contributed by atoms with Crippen LogP contribution in [0.1, 0.15) is 13.8 Å². The number of hydrogen-bond acceptors (Lipinski definition) is 7. The maximum Gasteiger partial charge on any atom is 0.244 e. The summed E-state index contributed by atoms with van der Waals surface area (Å²) >= 11 is 7.60. The number of benzene rings is 1. The number of halogens is 1. The number of carbonyl (C=O) groups excluding carboxylic acids is 1. The van der Waals surface area contributed by atoms with Crippen molar-refractivity contribution in [1.29, 1.82) is 0 Å². The van der Waals surface area contributed by atoms with E-state index in [1.807, 2.05) is 0 Å². The van der Waals surface area contributed by atoms with E-state index in [0.29, 0.717) is 34.5 Å². The molecule has 0 atom stereocenters. The monoisotopic (exact) mass is 462 g/mol. The van der Waals surface area contributed by atoms with Gasteiger partial charge in [0, 0.05) is 20.1 Å². The minimum absolute atomic E-state index is 0.266. The van der Waals surface area contributed by atoms with Crippen molar-refractivity contribution >= 4 is 54.2 Å². The molecule has 0 N–H and O–H groups in total. The number of likely N-dealkylation sites (N-methyl/N-ethyl adjacent to an activating group) is 2. The second-order valence-corrected chi connectivity index (χ2v) is 9.99. The van der Waals surface area contributed by atoms with Gasteiger partial charge in [0.2, 0.25) is 15.9 Å². The van der Waals surface area contributed by atoms with Gasteiger partial charge in [-0.3, -0.25) is 9.69 Å². The van der Waals surface area contributed by atoms with Gasteiger partial charge in [-0.2, -0.15) is 4.31 Å². The van der Waals surface area contributed by atoms with E-state index in [2.05, 4.69) is 23.7 Å². The second-order valence-electron chi connectivity index (χ2n) is 6.52. The first-order valence-corrected chi connectivity index (χ1v) is 12.2. The Morgan fingerprint density at radius 2 is 1.90 bits per heavy atom. The third kappa shape index (κ3) is 5.79. The van der Waals surface area contributed by atoms with Gasteiger partial charge in [-0.15, -0.1) is 0 Å². The number of sulfonamides is 1. The SMILES string of the molecule is CCN(CC)CCN(C(=O)CN(C)S(C)(=O)=O)c1nc2c(OC)ccc(Cl)c2s1. The fourth-order valence-corrected chi connectivity index (χ4v) is 4.37. The summed E-state index contributed by atoms with van der Waals surface area (Å²) < 4.78 is 30.6. The summed E-state index contributed by atoms with van der Waals surface area (Å²) in [5.74, 6) is 0.218. The average Bonchev–Trinajstić information content (AvgIpc) is 3.10. The lowest BCUT2D eigenvalue weighted by molar-refractivity contribution is -0.118. The molecule has 0 aliphatic heterocycles. The lowest BCUT2D eigenvalue weighted by Crippen LogP contribution is -2.44. The van der Waals surface area contributed by atoms with E-state index in [4.69, 9.17) is 16.3 Å². The van der Waals surface area contributed by atoms with Crippen LogP contribution in [0.5, 0.6) is 5.75 Å². The van der Waals surface area contributed by atoms with Crippen molar-refractivity contribution in [3.63, 3.8) is 0 Å². The molecule has 0 unspecified atom stereocenters. The predicted molar refractivity (Wildman–Crippen MR) is 119 cm³/mol. The maximum atomic E-state index is 13.0. The van der Waals surface area contributed by atoms with Gasteiger partial charge in [0.25, 0.3) is 0 Å². The number of hydrogen-bond donors (Lipinski definition) is 0. The Morgan fingerprint density at radius 3 is 2.45 bits per heavy atom. The predicted octanol–water partition coefficient (Wildman–Crippen LogP) is 2.52. The highest BCUT2D eigenvalue weighted by Crippen LogP contribution is 2.38. The van der Waals surface area contributed by atoms with Gasteiger partial charge in [0.15, 0.2) is 5.13 Å². The largest absolute Gasteiger partial charge is 0.494 e. The summed E-state index contributed by atoms with van der Waals surface area (Å²) in [4.78, 5) is 21.3. The molecule has 1 heterocycles. The fraction of sp³-hybridized carbons (Fsp3) is 0.556. The zero-order valence-electron chi connectivity index (χ0n) is 17.3. The third-order valence-electron chi connectivity index (χ3n) is 4.66. The van der Waals surface area contributed by atoms with E-state index < -0.39 is 10.0 Å². The number of nitrogens with zero attached hydrogens (tertiary/aromatic N) is 4. The first-order chi connectivity index (χ1) is 13.6. The molecular formula is C18H27ClN4O4S2. The molecule has 1 aromatic carbocycles. The minimum atomic E-state index is -3.48. The minimum Gasteiger partial charge on any atom is -0.494 e. The number of aromatic nitrogens is 1. The first-order valence-electron chi connectivity index (χ1n) is 9.19. The number of carbonyl (C=O) groups is 1. The van der Waals surface area contributed by atoms with Gasteiger partial charge >= 0.3 is 0 Å². The zero-order valence-corrected chi connectivity index (χ0v) is 19.7. The Bertz CT molecular complexity index is 960. The molecule has 29 heavy (non-hydrogen) atoms. The topological polar surface area (TPSA) is 83.0 Å². The Labute approximate surface area is 181 Å². The van der Waals surface area contributed by atoms with Gasteiger partial charge in [0.05, 0.1) is 29.6 Å². The van der Waals surface area contributed by atoms with E-state index in [-0.39, 0.29) is 12.5 Å². The van der Waals surface area contributed by atoms with Crippen LogP contribution in [0.2, 0.25) is 5.02 Å². The Morgan fingerprint density at radius 1 is 1.24 bits per heavy atom. The molecule has 1 aromatic heterocycles. The smallest absolute Gasteiger partial charge is 0.244 e. The van der Waals surface area contributed by atoms with Gasteiger partial charge in [-0.25, -0.2) is 13.4 Å². The highest BCUT2D eigenvalue weighted by atomic mass is 35.5. The van der Waals surface area contributed by atoms with Crippen molar-refractivity contribution in [2.24, 2.45) is 0 Å². The van der Waals surface area contributed by atoms with Gasteiger partial charge < -0.3 is 9.64 Å². The van der Waals surface area contributed by atoms with Crippen LogP contribution in [0.4, 0.5) is 5.13 Å². The molecule has 1 amide bonds. The van der Waals surface area contributed by atoms with E-state index >= 15 is 0 Å². The molecule has 0 aliphatic carbocycles. The molecule has 0 aliphatic rings. The molecule has 0 fully saturated rings. The molecule has 0 bridgehead atoms. The van der Waals surface area contributed by atoms with Crippen LogP contribution >= 0.6 is 22.9 Å². The van der Waals surface area contributed by atoms with Crippen LogP contribution in [0.15, 0.2) is 12.1 Å². The first kappa shape index (κ1) is 23.8. The summed E-state index contributed by atoms with van der Waals surface area (Å²) in [5.41, 5.74) is 0.581. The zero-order chi connectivity index (χ0) is 21.8. The molecule has 11 heteroatoms. The molecule has 2 aromatic rings. The molecule has 2 rings (SSSR count). The number of fused-ring (bicyclic) bond motifs is 1. The Hall–Kier alpha value is -1.46. The van der Waals surface area contributed by atoms with Gasteiger partial charge in [0.1, 0.15) is 11.3 Å². The Balaban J connectivity index is 2.42. The van der Waals surface area contributed by atoms with Crippen molar-refractivity contribution in [2.75, 3.05) is 58.0 Å². The lowest BCUT2D eigenvalue weighted by atomic mass is 10.3. The standard InChI is InChI=1S/C18H27ClN4O4S2/c1-6-22(7-2)10-11-23(15(24)12-21(3)29(5,25)26)18-20-16-14(27-4)9-8-13(19)17(16)28-18/h8-9H,6-7,10-12H2,1-5H3. The summed E-state index contributed by atoms with van der Waals surface area (Å²) in [7, 11) is -0.548. The third-order valence-corrected chi connectivity index (χ3v) is 7.46. The van der Waals surface area contributed by atoms with E-state index in [1.165, 1.54) is 23.3 Å². The number of thiazole rings is 1. The number of anilines is 1. The normalized spacial score (nSPS) is 12.1. The van der Waals surface area contributed by atoms with Crippen molar-refractivity contribution in [1.82, 2.24) is 14.2 Å². The van der Waals surface area contributed by atoms with Gasteiger partial charge in [-0.05, 0) is 25.2 Å².